The van der Waals surface area contributed by atoms with Gasteiger partial charge in [0.15, 0.2) is 5.05 Å². The molecule has 0 saturated carbocycles. The predicted octanol–water partition coefficient (Wildman–Crippen LogP) is 2.33. The lowest BCUT2D eigenvalue weighted by Crippen LogP contribution is -2.02. The molecule has 1 aromatic carbocycles. The minimum Gasteiger partial charge on any atom is -0.507 e. The first-order valence-electron chi connectivity index (χ1n) is 3.95. The number of aryl methyl sites for hydroxylation is 1. The molecule has 70 valence electrons. The molecular weight excluding hydrogens is 184 g/mol. The summed E-state index contributed by atoms with van der Waals surface area (Å²) in [4.78, 5) is 0. The first-order valence-corrected chi connectivity index (χ1v) is 4.36. The molecule has 0 unspecified atom stereocenters. The van der Waals surface area contributed by atoms with Crippen LogP contribution in [0.1, 0.15) is 16.7 Å². The van der Waals surface area contributed by atoms with Gasteiger partial charge in [0.25, 0.3) is 0 Å². The van der Waals surface area contributed by atoms with Crippen molar-refractivity contribution in [2.75, 3.05) is 7.11 Å². The maximum absolute atomic E-state index is 9.62. The van der Waals surface area contributed by atoms with E-state index < -0.39 is 0 Å². The molecule has 2 nitrogen and oxygen atoms in total. The molecule has 0 saturated heterocycles. The van der Waals surface area contributed by atoms with Crippen LogP contribution in [0.15, 0.2) is 12.1 Å². The third-order valence-corrected chi connectivity index (χ3v) is 2.42. The van der Waals surface area contributed by atoms with Gasteiger partial charge >= 0.3 is 0 Å². The molecular formula is C10H12O2S. The Morgan fingerprint density at radius 2 is 2.00 bits per heavy atom. The van der Waals surface area contributed by atoms with E-state index in [1.54, 1.807) is 0 Å². The van der Waals surface area contributed by atoms with Gasteiger partial charge in [-0.25, -0.2) is 0 Å². The Hall–Kier alpha value is -1.09. The maximum atomic E-state index is 9.62. The summed E-state index contributed by atoms with van der Waals surface area (Å²) in [5.74, 6) is 0.289. The molecule has 0 spiro atoms. The standard InChI is InChI=1S/C10H12O2S/c1-6-4-5-8(10(13)12-3)7(2)9(6)11/h4-5,11H,1-3H3. The number of phenols is 1. The zero-order chi connectivity index (χ0) is 10.0. The maximum Gasteiger partial charge on any atom is 0.191 e. The number of ether oxygens (including phenoxy) is 1. The number of hydrogen-bond acceptors (Lipinski definition) is 3. The number of phenolic OH excluding ortho intramolecular Hbond substituents is 1. The molecule has 0 bridgehead atoms. The smallest absolute Gasteiger partial charge is 0.191 e. The van der Waals surface area contributed by atoms with Crippen LogP contribution >= 0.6 is 12.2 Å². The summed E-state index contributed by atoms with van der Waals surface area (Å²) >= 11 is 4.98. The molecule has 1 rings (SSSR count). The van der Waals surface area contributed by atoms with E-state index >= 15 is 0 Å². The Kier molecular flexibility index (Phi) is 2.88. The number of aromatic hydroxyl groups is 1. The second-order valence-electron chi connectivity index (χ2n) is 2.90. The molecule has 0 fully saturated rings. The topological polar surface area (TPSA) is 29.5 Å². The summed E-state index contributed by atoms with van der Waals surface area (Å²) in [5, 5.41) is 10.0. The number of hydrogen-bond donors (Lipinski definition) is 1. The van der Waals surface area contributed by atoms with Gasteiger partial charge in [-0.05, 0) is 37.7 Å². The lowest BCUT2D eigenvalue weighted by Gasteiger charge is -2.09. The van der Waals surface area contributed by atoms with Crippen molar-refractivity contribution in [3.63, 3.8) is 0 Å². The van der Waals surface area contributed by atoms with Gasteiger partial charge in [-0.2, -0.15) is 0 Å². The van der Waals surface area contributed by atoms with E-state index in [0.29, 0.717) is 5.05 Å². The molecule has 0 atom stereocenters. The van der Waals surface area contributed by atoms with Crippen molar-refractivity contribution < 1.29 is 9.84 Å². The lowest BCUT2D eigenvalue weighted by atomic mass is 10.0. The molecule has 1 N–H and O–H groups in total. The molecule has 0 aliphatic rings. The highest BCUT2D eigenvalue weighted by Crippen LogP contribution is 2.24. The van der Waals surface area contributed by atoms with Crippen molar-refractivity contribution in [2.45, 2.75) is 13.8 Å². The molecule has 0 aliphatic carbocycles. The first kappa shape index (κ1) is 9.99. The van der Waals surface area contributed by atoms with Crippen LogP contribution in [-0.4, -0.2) is 17.3 Å². The minimum absolute atomic E-state index is 0.289. The molecule has 1 aromatic rings. The minimum atomic E-state index is 0.289. The van der Waals surface area contributed by atoms with Crippen LogP contribution in [0.4, 0.5) is 0 Å². The van der Waals surface area contributed by atoms with Crippen molar-refractivity contribution in [1.82, 2.24) is 0 Å². The zero-order valence-corrected chi connectivity index (χ0v) is 8.73. The average molecular weight is 196 g/mol. The van der Waals surface area contributed by atoms with Gasteiger partial charge in [-0.1, -0.05) is 6.07 Å². The highest BCUT2D eigenvalue weighted by Gasteiger charge is 2.09. The summed E-state index contributed by atoms with van der Waals surface area (Å²) in [7, 11) is 1.53. The number of methoxy groups -OCH3 is 1. The van der Waals surface area contributed by atoms with Crippen LogP contribution in [0.3, 0.4) is 0 Å². The SMILES string of the molecule is COC(=S)c1ccc(C)c(O)c1C. The molecule has 0 radical (unpaired) electrons. The number of rotatable bonds is 1. The quantitative estimate of drug-likeness (QED) is 0.699. The summed E-state index contributed by atoms with van der Waals surface area (Å²) in [5.41, 5.74) is 2.40. The summed E-state index contributed by atoms with van der Waals surface area (Å²) in [6.45, 7) is 3.67. The summed E-state index contributed by atoms with van der Waals surface area (Å²) in [6.07, 6.45) is 0. The average Bonchev–Trinajstić information content (AvgIpc) is 2.13. The van der Waals surface area contributed by atoms with Gasteiger partial charge in [0.1, 0.15) is 5.75 Å². The fourth-order valence-electron chi connectivity index (χ4n) is 1.17. The molecule has 0 amide bonds. The van der Waals surface area contributed by atoms with Crippen LogP contribution in [0, 0.1) is 13.8 Å². The van der Waals surface area contributed by atoms with E-state index in [9.17, 15) is 5.11 Å². The molecule has 0 heterocycles. The summed E-state index contributed by atoms with van der Waals surface area (Å²) in [6, 6.07) is 3.68. The van der Waals surface area contributed by atoms with Crippen LogP contribution in [0.5, 0.6) is 5.75 Å². The van der Waals surface area contributed by atoms with Crippen molar-refractivity contribution >= 4 is 17.3 Å². The highest BCUT2D eigenvalue weighted by atomic mass is 32.1. The third kappa shape index (κ3) is 1.80. The van der Waals surface area contributed by atoms with E-state index in [4.69, 9.17) is 17.0 Å². The van der Waals surface area contributed by atoms with E-state index in [1.165, 1.54) is 7.11 Å². The van der Waals surface area contributed by atoms with Crippen LogP contribution in [-0.2, 0) is 4.74 Å². The Balaban J connectivity index is 3.26. The second-order valence-corrected chi connectivity index (χ2v) is 3.27. The molecule has 0 aromatic heterocycles. The highest BCUT2D eigenvalue weighted by molar-refractivity contribution is 7.80. The lowest BCUT2D eigenvalue weighted by molar-refractivity contribution is 0.414. The van der Waals surface area contributed by atoms with Crippen LogP contribution in [0.2, 0.25) is 0 Å². The Morgan fingerprint density at radius 3 is 2.54 bits per heavy atom. The predicted molar refractivity (Wildman–Crippen MR) is 56.3 cm³/mol. The van der Waals surface area contributed by atoms with Gasteiger partial charge in [-0.15, -0.1) is 0 Å². The second kappa shape index (κ2) is 3.75. The molecule has 3 heteroatoms. The van der Waals surface area contributed by atoms with Gasteiger partial charge in [0.05, 0.1) is 7.11 Å². The van der Waals surface area contributed by atoms with E-state index in [1.807, 2.05) is 26.0 Å². The summed E-state index contributed by atoms with van der Waals surface area (Å²) < 4.78 is 4.93. The van der Waals surface area contributed by atoms with Crippen molar-refractivity contribution in [3.8, 4) is 5.75 Å². The van der Waals surface area contributed by atoms with E-state index in [2.05, 4.69) is 0 Å². The van der Waals surface area contributed by atoms with Crippen LogP contribution in [0.25, 0.3) is 0 Å². The van der Waals surface area contributed by atoms with Gasteiger partial charge in [-0.3, -0.25) is 0 Å². The monoisotopic (exact) mass is 196 g/mol. The molecule has 13 heavy (non-hydrogen) atoms. The number of benzene rings is 1. The third-order valence-electron chi connectivity index (χ3n) is 2.04. The van der Waals surface area contributed by atoms with Crippen molar-refractivity contribution in [1.29, 1.82) is 0 Å². The van der Waals surface area contributed by atoms with Crippen molar-refractivity contribution in [3.05, 3.63) is 28.8 Å². The van der Waals surface area contributed by atoms with Gasteiger partial charge < -0.3 is 9.84 Å². The Labute approximate surface area is 83.2 Å². The largest absolute Gasteiger partial charge is 0.507 e. The zero-order valence-electron chi connectivity index (χ0n) is 7.92. The van der Waals surface area contributed by atoms with Crippen LogP contribution < -0.4 is 0 Å². The van der Waals surface area contributed by atoms with E-state index in [-0.39, 0.29) is 5.75 Å². The van der Waals surface area contributed by atoms with E-state index in [0.717, 1.165) is 16.7 Å². The number of thiocarbonyl (C=S) groups is 1. The fourth-order valence-corrected chi connectivity index (χ4v) is 1.39. The normalized spacial score (nSPS) is 9.77. The Morgan fingerprint density at radius 1 is 1.38 bits per heavy atom. The van der Waals surface area contributed by atoms with Crippen molar-refractivity contribution in [2.24, 2.45) is 0 Å². The van der Waals surface area contributed by atoms with Gasteiger partial charge in [0, 0.05) is 11.1 Å². The fraction of sp³-hybridized carbons (Fsp3) is 0.300. The first-order chi connectivity index (χ1) is 6.07. The molecule has 0 aliphatic heterocycles. The Bertz CT molecular complexity index is 345. The van der Waals surface area contributed by atoms with Gasteiger partial charge in [0.2, 0.25) is 0 Å².